The van der Waals surface area contributed by atoms with E-state index in [-0.39, 0.29) is 5.54 Å². The van der Waals surface area contributed by atoms with Crippen molar-refractivity contribution in [2.45, 2.75) is 43.9 Å². The summed E-state index contributed by atoms with van der Waals surface area (Å²) in [6, 6.07) is 0. The molecule has 0 fully saturated rings. The molecule has 0 heterocycles. The van der Waals surface area contributed by atoms with E-state index in [0.717, 1.165) is 0 Å². The van der Waals surface area contributed by atoms with Crippen LogP contribution < -0.4 is 5.32 Å². The van der Waals surface area contributed by atoms with Crippen LogP contribution in [0.2, 0.25) is 11.6 Å². The van der Waals surface area contributed by atoms with Gasteiger partial charge in [0.15, 0.2) is 0 Å². The minimum absolute atomic E-state index is 0.227. The lowest BCUT2D eigenvalue weighted by Crippen LogP contribution is -2.47. The molecular formula is C8H14B3NO2. The first-order valence-electron chi connectivity index (χ1n) is 4.42. The number of carboxylic acid groups (broad SMARTS) is 1. The molecule has 0 rings (SSSR count). The number of rotatable bonds is 4. The molecule has 3 atom stereocenters. The number of hydrogen-bond acceptors (Lipinski definition) is 2. The molecule has 6 heteroatoms. The normalized spacial score (nSPS) is 18.5. The van der Waals surface area contributed by atoms with Crippen molar-refractivity contribution in [3.8, 4) is 0 Å². The van der Waals surface area contributed by atoms with Crippen molar-refractivity contribution in [2.24, 2.45) is 0 Å². The van der Waals surface area contributed by atoms with Crippen molar-refractivity contribution in [3.05, 3.63) is 0 Å². The molecule has 3 nitrogen and oxygen atoms in total. The average Bonchev–Trinajstić information content (AvgIpc) is 1.98. The topological polar surface area (TPSA) is 49.3 Å². The molecular weight excluding hydrogens is 175 g/mol. The first kappa shape index (κ1) is 13.6. The highest BCUT2D eigenvalue weighted by molar-refractivity contribution is 6.32. The number of carboxylic acids is 1. The summed E-state index contributed by atoms with van der Waals surface area (Å²) in [5, 5.41) is 11.6. The molecule has 6 radical (unpaired) electrons. The first-order valence-corrected chi connectivity index (χ1v) is 4.42. The third-order valence-electron chi connectivity index (χ3n) is 1.71. The maximum Gasteiger partial charge on any atom is 0.297 e. The van der Waals surface area contributed by atoms with Crippen LogP contribution in [0.15, 0.2) is 0 Å². The quantitative estimate of drug-likeness (QED) is 0.605. The highest BCUT2D eigenvalue weighted by Crippen LogP contribution is 2.21. The summed E-state index contributed by atoms with van der Waals surface area (Å²) in [7, 11) is 16.6. The Morgan fingerprint density at radius 2 is 1.71 bits per heavy atom. The zero-order valence-electron chi connectivity index (χ0n) is 8.82. The number of aliphatic carboxylic acids is 1. The van der Waals surface area contributed by atoms with Gasteiger partial charge in [0.05, 0.1) is 23.5 Å². The van der Waals surface area contributed by atoms with Gasteiger partial charge in [-0.1, -0.05) is 5.82 Å². The maximum atomic E-state index is 10.5. The predicted octanol–water partition coefficient (Wildman–Crippen LogP) is -0.132. The summed E-state index contributed by atoms with van der Waals surface area (Å²) in [6.07, 6.45) is 0. The molecule has 3 unspecified atom stereocenters. The van der Waals surface area contributed by atoms with Gasteiger partial charge in [-0.25, -0.2) is 0 Å². The molecule has 2 N–H and O–H groups in total. The zero-order chi connectivity index (χ0) is 11.5. The summed E-state index contributed by atoms with van der Waals surface area (Å²) in [6.45, 7) is 5.73. The Bertz CT molecular complexity index is 205. The van der Waals surface area contributed by atoms with Crippen LogP contribution in [-0.4, -0.2) is 46.1 Å². The van der Waals surface area contributed by atoms with Crippen LogP contribution >= 0.6 is 0 Å². The lowest BCUT2D eigenvalue weighted by Gasteiger charge is -2.32. The molecule has 0 aliphatic carbocycles. The van der Waals surface area contributed by atoms with Gasteiger partial charge in [-0.3, -0.25) is 4.79 Å². The molecule has 0 aromatic rings. The second-order valence-electron chi connectivity index (χ2n) is 4.36. The van der Waals surface area contributed by atoms with Crippen LogP contribution in [0.3, 0.4) is 0 Å². The number of hydrogen-bond donors (Lipinski definition) is 2. The number of nitrogens with one attached hydrogen (secondary N) is 1. The van der Waals surface area contributed by atoms with Gasteiger partial charge in [0.2, 0.25) is 0 Å². The van der Waals surface area contributed by atoms with Crippen LogP contribution in [0.25, 0.3) is 0 Å². The molecule has 0 spiro atoms. The Kier molecular flexibility index (Phi) is 4.79. The van der Waals surface area contributed by atoms with Gasteiger partial charge in [-0.2, -0.15) is 0 Å². The van der Waals surface area contributed by atoms with Crippen LogP contribution in [0.1, 0.15) is 20.8 Å². The largest absolute Gasteiger partial charge is 0.482 e. The Labute approximate surface area is 89.3 Å². The Morgan fingerprint density at radius 3 is 2.00 bits per heavy atom. The lowest BCUT2D eigenvalue weighted by molar-refractivity contribution is -0.137. The van der Waals surface area contributed by atoms with Gasteiger partial charge in [0.1, 0.15) is 0 Å². The second kappa shape index (κ2) is 4.92. The van der Waals surface area contributed by atoms with E-state index in [1.807, 2.05) is 20.8 Å². The minimum Gasteiger partial charge on any atom is -0.482 e. The van der Waals surface area contributed by atoms with E-state index in [1.54, 1.807) is 0 Å². The zero-order valence-corrected chi connectivity index (χ0v) is 8.82. The van der Waals surface area contributed by atoms with Gasteiger partial charge < -0.3 is 10.4 Å². The van der Waals surface area contributed by atoms with Gasteiger partial charge in [-0.05, 0) is 26.7 Å². The van der Waals surface area contributed by atoms with Crippen LogP contribution in [0.5, 0.6) is 0 Å². The molecule has 0 amide bonds. The van der Waals surface area contributed by atoms with E-state index in [0.29, 0.717) is 0 Å². The molecule has 0 aromatic heterocycles. The van der Waals surface area contributed by atoms with Crippen molar-refractivity contribution >= 4 is 29.5 Å². The standard InChI is InChI=1S/C8H14B3NO2/c1-8(2,3)12-6(11)4(9)5(10)7(13)14/h4-6,12H,1-3H3,(H,13,14). The van der Waals surface area contributed by atoms with Crippen molar-refractivity contribution in [1.82, 2.24) is 5.32 Å². The fourth-order valence-corrected chi connectivity index (χ4v) is 0.984. The molecule has 0 aromatic carbocycles. The lowest BCUT2D eigenvalue weighted by atomic mass is 9.58. The average molecular weight is 189 g/mol. The third-order valence-corrected chi connectivity index (χ3v) is 1.71. The van der Waals surface area contributed by atoms with E-state index < -0.39 is 23.5 Å². The summed E-state index contributed by atoms with van der Waals surface area (Å²) in [5.41, 5.74) is -0.227. The second-order valence-corrected chi connectivity index (χ2v) is 4.36. The predicted molar refractivity (Wildman–Crippen MR) is 59.1 cm³/mol. The summed E-state index contributed by atoms with van der Waals surface area (Å²) in [5.74, 6) is -3.75. The van der Waals surface area contributed by atoms with E-state index in [2.05, 4.69) is 5.32 Å². The molecule has 0 saturated heterocycles. The molecule has 0 aliphatic rings. The van der Waals surface area contributed by atoms with E-state index >= 15 is 0 Å². The molecule has 0 saturated carbocycles. The SMILES string of the molecule is [B]C(NC(C)(C)C)C([B])C([B])C(=O)O. The molecule has 72 valence electrons. The fourth-order valence-electron chi connectivity index (χ4n) is 0.984. The maximum absolute atomic E-state index is 10.5. The Hall–Kier alpha value is -0.375. The molecule has 14 heavy (non-hydrogen) atoms. The fraction of sp³-hybridized carbons (Fsp3) is 0.875. The van der Waals surface area contributed by atoms with Crippen LogP contribution in [0.4, 0.5) is 0 Å². The van der Waals surface area contributed by atoms with Crippen molar-refractivity contribution in [2.75, 3.05) is 0 Å². The summed E-state index contributed by atoms with van der Waals surface area (Å²) < 4.78 is 0. The monoisotopic (exact) mass is 189 g/mol. The van der Waals surface area contributed by atoms with E-state index in [4.69, 9.17) is 28.6 Å². The Morgan fingerprint density at radius 1 is 1.29 bits per heavy atom. The highest BCUT2D eigenvalue weighted by Gasteiger charge is 2.25. The Balaban J connectivity index is 4.25. The van der Waals surface area contributed by atoms with Gasteiger partial charge in [0.25, 0.3) is 5.97 Å². The summed E-state index contributed by atoms with van der Waals surface area (Å²) >= 11 is 0. The van der Waals surface area contributed by atoms with E-state index in [1.165, 1.54) is 0 Å². The van der Waals surface area contributed by atoms with E-state index in [9.17, 15) is 4.79 Å². The van der Waals surface area contributed by atoms with Crippen LogP contribution in [-0.2, 0) is 4.79 Å². The highest BCUT2D eigenvalue weighted by atomic mass is 16.4. The van der Waals surface area contributed by atoms with Crippen molar-refractivity contribution < 1.29 is 9.90 Å². The molecule has 0 aliphatic heterocycles. The first-order chi connectivity index (χ1) is 6.15. The third kappa shape index (κ3) is 4.75. The van der Waals surface area contributed by atoms with Crippen molar-refractivity contribution in [1.29, 1.82) is 0 Å². The number of carbonyl (C=O) groups is 1. The minimum atomic E-state index is -1.15. The van der Waals surface area contributed by atoms with Gasteiger partial charge in [0, 0.05) is 11.4 Å². The van der Waals surface area contributed by atoms with Gasteiger partial charge >= 0.3 is 0 Å². The van der Waals surface area contributed by atoms with Gasteiger partial charge in [-0.15, -0.1) is 0 Å². The smallest absolute Gasteiger partial charge is 0.297 e. The van der Waals surface area contributed by atoms with Crippen LogP contribution in [0, 0.1) is 0 Å². The molecule has 0 bridgehead atoms. The van der Waals surface area contributed by atoms with Crippen molar-refractivity contribution in [3.63, 3.8) is 0 Å². The summed E-state index contributed by atoms with van der Waals surface area (Å²) in [4.78, 5) is 10.5.